The van der Waals surface area contributed by atoms with Crippen molar-refractivity contribution in [3.63, 3.8) is 0 Å². The van der Waals surface area contributed by atoms with Crippen LogP contribution in [0.2, 0.25) is 0 Å². The molecule has 0 spiro atoms. The van der Waals surface area contributed by atoms with Gasteiger partial charge in [-0.3, -0.25) is 14.4 Å². The number of hydrogen-bond acceptors (Lipinski definition) is 5. The molecule has 1 fully saturated rings. The average molecular weight is 448 g/mol. The van der Waals surface area contributed by atoms with Gasteiger partial charge in [-0.25, -0.2) is 0 Å². The van der Waals surface area contributed by atoms with Crippen LogP contribution < -0.4 is 10.6 Å². The summed E-state index contributed by atoms with van der Waals surface area (Å²) in [6.07, 6.45) is 1.23. The first-order chi connectivity index (χ1) is 14.7. The van der Waals surface area contributed by atoms with Gasteiger partial charge < -0.3 is 20.3 Å². The minimum absolute atomic E-state index is 0.122. The Balaban J connectivity index is 1.76. The van der Waals surface area contributed by atoms with E-state index in [9.17, 15) is 14.4 Å². The van der Waals surface area contributed by atoms with Crippen LogP contribution >= 0.6 is 11.8 Å². The molecule has 0 aliphatic carbocycles. The minimum atomic E-state index is -0.654. The Bertz CT molecular complexity index is 842. The van der Waals surface area contributed by atoms with E-state index in [0.717, 1.165) is 5.56 Å². The Kier molecular flexibility index (Phi) is 7.31. The van der Waals surface area contributed by atoms with Gasteiger partial charge in [0.15, 0.2) is 0 Å². The van der Waals surface area contributed by atoms with Crippen molar-refractivity contribution >= 4 is 29.5 Å². The molecule has 2 aliphatic rings. The number of methoxy groups -OCH3 is 1. The summed E-state index contributed by atoms with van der Waals surface area (Å²) in [4.78, 5) is 41.0. The largest absolute Gasteiger partial charge is 0.385 e. The number of carbonyl (C=O) groups excluding carboxylic acids is 3. The molecule has 0 unspecified atom stereocenters. The number of ether oxygens (including phenoxy) is 1. The summed E-state index contributed by atoms with van der Waals surface area (Å²) < 4.78 is 4.54. The summed E-state index contributed by atoms with van der Waals surface area (Å²) in [5.74, 6) is -0.372. The predicted molar refractivity (Wildman–Crippen MR) is 122 cm³/mol. The summed E-state index contributed by atoms with van der Waals surface area (Å²) in [5.41, 5.74) is 1.61. The van der Waals surface area contributed by atoms with Crippen molar-refractivity contribution in [2.45, 2.75) is 62.7 Å². The molecule has 0 radical (unpaired) electrons. The zero-order valence-electron chi connectivity index (χ0n) is 18.9. The van der Waals surface area contributed by atoms with Crippen molar-refractivity contribution in [3.05, 3.63) is 35.4 Å². The fraction of sp³-hybridized carbons (Fsp3) is 0.609. The Morgan fingerprint density at radius 3 is 2.65 bits per heavy atom. The molecular weight excluding hydrogens is 414 g/mol. The van der Waals surface area contributed by atoms with Gasteiger partial charge in [0, 0.05) is 30.6 Å². The lowest BCUT2D eigenvalue weighted by atomic mass is 9.98. The number of carbonyl (C=O) groups is 3. The lowest BCUT2D eigenvalue weighted by molar-refractivity contribution is -0.132. The smallest absolute Gasteiger partial charge is 0.256 e. The van der Waals surface area contributed by atoms with Gasteiger partial charge in [0.25, 0.3) is 5.91 Å². The standard InChI is InChI=1S/C23H33N3O4S/c1-14(2)13-17(19(27)24-11-8-12-30-5)25-20(28)18-23(3,4)31-22-16-10-7-6-9-15(16)21(29)26(18)22/h6-7,9-10,14,17-18,22H,8,11-13H2,1-5H3,(H,24,27)(H,25,28)/t17-,18-,22-/m0/s1. The van der Waals surface area contributed by atoms with Gasteiger partial charge in [0.1, 0.15) is 17.5 Å². The van der Waals surface area contributed by atoms with Crippen LogP contribution in [0.25, 0.3) is 0 Å². The molecule has 3 rings (SSSR count). The van der Waals surface area contributed by atoms with E-state index in [1.165, 1.54) is 0 Å². The topological polar surface area (TPSA) is 87.7 Å². The molecule has 8 heteroatoms. The maximum Gasteiger partial charge on any atom is 0.256 e. The predicted octanol–water partition coefficient (Wildman–Crippen LogP) is 2.72. The molecule has 2 aliphatic heterocycles. The molecule has 2 N–H and O–H groups in total. The molecule has 31 heavy (non-hydrogen) atoms. The number of fused-ring (bicyclic) bond motifs is 3. The van der Waals surface area contributed by atoms with E-state index in [1.54, 1.807) is 23.8 Å². The quantitative estimate of drug-likeness (QED) is 0.569. The summed E-state index contributed by atoms with van der Waals surface area (Å²) in [6.45, 7) is 9.06. The molecule has 2 heterocycles. The van der Waals surface area contributed by atoms with Crippen LogP contribution in [0, 0.1) is 5.92 Å². The van der Waals surface area contributed by atoms with E-state index < -0.39 is 16.8 Å². The number of nitrogens with one attached hydrogen (secondary N) is 2. The molecule has 3 amide bonds. The SMILES string of the molecule is COCCCNC(=O)[C@H](CC(C)C)NC(=O)[C@@H]1N2C(=O)c3ccccc3[C@@H]2SC1(C)C. The van der Waals surface area contributed by atoms with Crippen molar-refractivity contribution in [1.29, 1.82) is 0 Å². The first-order valence-corrected chi connectivity index (χ1v) is 11.7. The maximum absolute atomic E-state index is 13.5. The third kappa shape index (κ3) is 4.90. The van der Waals surface area contributed by atoms with E-state index in [-0.39, 0.29) is 29.0 Å². The summed E-state index contributed by atoms with van der Waals surface area (Å²) in [5, 5.41) is 5.67. The fourth-order valence-corrected chi connectivity index (χ4v) is 5.90. The van der Waals surface area contributed by atoms with E-state index in [4.69, 9.17) is 4.74 Å². The van der Waals surface area contributed by atoms with Crippen LogP contribution in [0.1, 0.15) is 61.8 Å². The van der Waals surface area contributed by atoms with E-state index in [2.05, 4.69) is 10.6 Å². The first kappa shape index (κ1) is 23.6. The van der Waals surface area contributed by atoms with Crippen LogP contribution in [0.15, 0.2) is 24.3 Å². The van der Waals surface area contributed by atoms with Crippen molar-refractivity contribution in [2.24, 2.45) is 5.92 Å². The number of nitrogens with zero attached hydrogens (tertiary/aromatic N) is 1. The second kappa shape index (κ2) is 9.61. The number of hydrogen-bond donors (Lipinski definition) is 2. The Morgan fingerprint density at radius 1 is 1.26 bits per heavy atom. The van der Waals surface area contributed by atoms with Gasteiger partial charge >= 0.3 is 0 Å². The van der Waals surface area contributed by atoms with Crippen molar-refractivity contribution in [3.8, 4) is 0 Å². The number of rotatable bonds is 9. The van der Waals surface area contributed by atoms with Gasteiger partial charge in [-0.15, -0.1) is 11.8 Å². The second-order valence-corrected chi connectivity index (χ2v) is 10.8. The molecule has 170 valence electrons. The Labute approximate surface area is 188 Å². The maximum atomic E-state index is 13.5. The van der Waals surface area contributed by atoms with Crippen molar-refractivity contribution in [1.82, 2.24) is 15.5 Å². The minimum Gasteiger partial charge on any atom is -0.385 e. The Hall–Kier alpha value is -2.06. The van der Waals surface area contributed by atoms with E-state index in [1.807, 2.05) is 52.0 Å². The molecule has 3 atom stereocenters. The van der Waals surface area contributed by atoms with Crippen LogP contribution in [-0.2, 0) is 14.3 Å². The van der Waals surface area contributed by atoms with Gasteiger partial charge in [-0.2, -0.15) is 0 Å². The number of benzene rings is 1. The average Bonchev–Trinajstić information content (AvgIpc) is 3.13. The molecule has 1 aromatic rings. The third-order valence-electron chi connectivity index (χ3n) is 5.71. The summed E-state index contributed by atoms with van der Waals surface area (Å²) in [7, 11) is 1.62. The first-order valence-electron chi connectivity index (χ1n) is 10.8. The normalized spacial score (nSPS) is 22.3. The summed E-state index contributed by atoms with van der Waals surface area (Å²) in [6, 6.07) is 6.23. The van der Waals surface area contributed by atoms with Crippen molar-refractivity contribution in [2.75, 3.05) is 20.3 Å². The summed E-state index contributed by atoms with van der Waals surface area (Å²) >= 11 is 1.62. The highest BCUT2D eigenvalue weighted by atomic mass is 32.2. The molecule has 1 saturated heterocycles. The molecule has 0 bridgehead atoms. The number of amides is 3. The van der Waals surface area contributed by atoms with E-state index >= 15 is 0 Å². The Morgan fingerprint density at radius 2 is 1.97 bits per heavy atom. The molecule has 1 aromatic carbocycles. The van der Waals surface area contributed by atoms with Gasteiger partial charge in [-0.05, 0) is 44.2 Å². The third-order valence-corrected chi connectivity index (χ3v) is 7.24. The highest BCUT2D eigenvalue weighted by molar-refractivity contribution is 8.01. The number of thioether (sulfide) groups is 1. The van der Waals surface area contributed by atoms with E-state index in [0.29, 0.717) is 31.6 Å². The lowest BCUT2D eigenvalue weighted by Crippen LogP contribution is -2.57. The van der Waals surface area contributed by atoms with Gasteiger partial charge in [0.05, 0.1) is 0 Å². The van der Waals surface area contributed by atoms with Crippen LogP contribution in [0.3, 0.4) is 0 Å². The zero-order chi connectivity index (χ0) is 22.8. The van der Waals surface area contributed by atoms with Crippen molar-refractivity contribution < 1.29 is 19.1 Å². The lowest BCUT2D eigenvalue weighted by Gasteiger charge is -2.31. The highest BCUT2D eigenvalue weighted by Gasteiger charge is 2.57. The second-order valence-electron chi connectivity index (χ2n) is 9.10. The molecule has 0 aromatic heterocycles. The van der Waals surface area contributed by atoms with Gasteiger partial charge in [0.2, 0.25) is 11.8 Å². The zero-order valence-corrected chi connectivity index (χ0v) is 19.8. The van der Waals surface area contributed by atoms with Crippen LogP contribution in [-0.4, -0.2) is 59.7 Å². The highest BCUT2D eigenvalue weighted by Crippen LogP contribution is 2.56. The van der Waals surface area contributed by atoms with Crippen LogP contribution in [0.5, 0.6) is 0 Å². The monoisotopic (exact) mass is 447 g/mol. The molecular formula is C23H33N3O4S. The molecule has 7 nitrogen and oxygen atoms in total. The fourth-order valence-electron chi connectivity index (χ4n) is 4.31. The molecule has 0 saturated carbocycles. The van der Waals surface area contributed by atoms with Gasteiger partial charge in [-0.1, -0.05) is 32.0 Å². The van der Waals surface area contributed by atoms with Crippen LogP contribution in [0.4, 0.5) is 0 Å².